The Morgan fingerprint density at radius 3 is 2.38 bits per heavy atom. The van der Waals surface area contributed by atoms with Crippen molar-refractivity contribution < 1.29 is 32.2 Å². The summed E-state index contributed by atoms with van der Waals surface area (Å²) in [6.07, 6.45) is -1.95. The van der Waals surface area contributed by atoms with Crippen molar-refractivity contribution >= 4 is 11.8 Å². The molecule has 6 nitrogen and oxygen atoms in total. The molecule has 1 N–H and O–H groups in total. The van der Waals surface area contributed by atoms with Crippen molar-refractivity contribution in [3.05, 3.63) is 82.9 Å². The zero-order chi connectivity index (χ0) is 24.3. The molecule has 1 aromatic heterocycles. The van der Waals surface area contributed by atoms with Crippen LogP contribution in [0.4, 0.5) is 23.4 Å². The largest absolute Gasteiger partial charge is 0.481 e. The summed E-state index contributed by atoms with van der Waals surface area (Å²) < 4.78 is 59.4. The van der Waals surface area contributed by atoms with E-state index >= 15 is 4.39 Å². The molecule has 1 aliphatic rings. The Morgan fingerprint density at radius 1 is 1.06 bits per heavy atom. The third kappa shape index (κ3) is 5.27. The molecule has 1 unspecified atom stereocenters. The number of nitrogens with zero attached hydrogens (tertiary/aromatic N) is 3. The highest BCUT2D eigenvalue weighted by Crippen LogP contribution is 2.38. The molecule has 0 saturated carbocycles. The number of hydrogen-bond acceptors (Lipinski definition) is 5. The van der Waals surface area contributed by atoms with E-state index < -0.39 is 23.5 Å². The summed E-state index contributed by atoms with van der Waals surface area (Å²) in [4.78, 5) is 20.4. The van der Waals surface area contributed by atoms with Gasteiger partial charge in [0.1, 0.15) is 12.9 Å². The molecule has 0 amide bonds. The van der Waals surface area contributed by atoms with E-state index in [2.05, 4.69) is 9.97 Å². The minimum Gasteiger partial charge on any atom is -0.481 e. The first-order valence-corrected chi connectivity index (χ1v) is 10.6. The maximum atomic E-state index is 15.2. The summed E-state index contributed by atoms with van der Waals surface area (Å²) in [5.74, 6) is -1.89. The zero-order valence-electron chi connectivity index (χ0n) is 17.9. The molecule has 10 heteroatoms. The molecule has 1 saturated heterocycles. The van der Waals surface area contributed by atoms with Gasteiger partial charge in [0.15, 0.2) is 5.82 Å². The van der Waals surface area contributed by atoms with Gasteiger partial charge in [-0.1, -0.05) is 36.4 Å². The molecule has 1 atom stereocenters. The van der Waals surface area contributed by atoms with Crippen LogP contribution < -0.4 is 9.64 Å². The molecule has 0 spiro atoms. The van der Waals surface area contributed by atoms with Crippen molar-refractivity contribution in [1.82, 2.24) is 9.97 Å². The number of ether oxygens (including phenoxy) is 1. The van der Waals surface area contributed by atoms with E-state index in [4.69, 9.17) is 9.84 Å². The fourth-order valence-electron chi connectivity index (χ4n) is 3.99. The Hall–Kier alpha value is -3.69. The third-order valence-corrected chi connectivity index (χ3v) is 5.64. The lowest BCUT2D eigenvalue weighted by atomic mass is 10.0. The molecule has 0 bridgehead atoms. The van der Waals surface area contributed by atoms with Gasteiger partial charge in [0.25, 0.3) is 5.88 Å². The number of hydrogen-bond donors (Lipinski definition) is 1. The Bertz CT molecular complexity index is 1150. The summed E-state index contributed by atoms with van der Waals surface area (Å²) in [5.41, 5.74) is 1.25. The Kier molecular flexibility index (Phi) is 6.67. The Balaban J connectivity index is 1.49. The maximum Gasteiger partial charge on any atom is 0.416 e. The van der Waals surface area contributed by atoms with Crippen LogP contribution in [0.1, 0.15) is 41.1 Å². The van der Waals surface area contributed by atoms with Crippen LogP contribution in [0.15, 0.2) is 54.9 Å². The zero-order valence-corrected chi connectivity index (χ0v) is 17.9. The van der Waals surface area contributed by atoms with Gasteiger partial charge < -0.3 is 14.7 Å². The highest BCUT2D eigenvalue weighted by atomic mass is 19.4. The van der Waals surface area contributed by atoms with Gasteiger partial charge in [-0.05, 0) is 41.7 Å². The van der Waals surface area contributed by atoms with Gasteiger partial charge in [-0.2, -0.15) is 22.5 Å². The average molecular weight is 475 g/mol. The minimum absolute atomic E-state index is 0.0169. The van der Waals surface area contributed by atoms with E-state index in [0.717, 1.165) is 18.6 Å². The normalized spacial score (nSPS) is 16.0. The molecular formula is C24H21F4N3O3. The first-order valence-electron chi connectivity index (χ1n) is 10.6. The van der Waals surface area contributed by atoms with Crippen molar-refractivity contribution in [1.29, 1.82) is 0 Å². The van der Waals surface area contributed by atoms with E-state index in [0.29, 0.717) is 29.7 Å². The van der Waals surface area contributed by atoms with Crippen molar-refractivity contribution in [3.8, 4) is 5.88 Å². The Morgan fingerprint density at radius 2 is 1.74 bits per heavy atom. The van der Waals surface area contributed by atoms with E-state index in [-0.39, 0.29) is 30.8 Å². The fraction of sp³-hybridized carbons (Fsp3) is 0.292. The number of alkyl halides is 3. The van der Waals surface area contributed by atoms with Gasteiger partial charge in [0, 0.05) is 6.54 Å². The van der Waals surface area contributed by atoms with E-state index in [1.165, 1.54) is 18.5 Å². The van der Waals surface area contributed by atoms with Gasteiger partial charge in [0.2, 0.25) is 5.82 Å². The molecule has 0 aliphatic carbocycles. The minimum atomic E-state index is -4.42. The fourth-order valence-corrected chi connectivity index (χ4v) is 3.99. The van der Waals surface area contributed by atoms with Gasteiger partial charge >= 0.3 is 12.1 Å². The number of carbonyl (C=O) groups is 1. The van der Waals surface area contributed by atoms with Crippen molar-refractivity contribution in [2.75, 3.05) is 11.4 Å². The maximum absolute atomic E-state index is 15.2. The summed E-state index contributed by atoms with van der Waals surface area (Å²) in [7, 11) is 0. The van der Waals surface area contributed by atoms with Crippen molar-refractivity contribution in [2.45, 2.75) is 38.1 Å². The quantitative estimate of drug-likeness (QED) is 0.475. The number of halogens is 4. The van der Waals surface area contributed by atoms with Crippen LogP contribution in [-0.2, 0) is 24.0 Å². The number of aromatic nitrogens is 2. The van der Waals surface area contributed by atoms with Crippen LogP contribution in [0.2, 0.25) is 0 Å². The van der Waals surface area contributed by atoms with E-state index in [1.807, 2.05) is 0 Å². The third-order valence-electron chi connectivity index (χ3n) is 5.64. The van der Waals surface area contributed by atoms with E-state index in [1.54, 1.807) is 29.2 Å². The molecule has 3 aromatic rings. The number of rotatable bonds is 7. The molecule has 4 rings (SSSR count). The summed E-state index contributed by atoms with van der Waals surface area (Å²) in [6, 6.07) is 11.3. The van der Waals surface area contributed by atoms with Gasteiger partial charge in [-0.3, -0.25) is 4.79 Å². The van der Waals surface area contributed by atoms with Crippen LogP contribution in [0.3, 0.4) is 0 Å². The SMILES string of the molecule is O=C(O)Cc1ccc(COc2ncnc(N3CCCC3c3ccc(C(F)(F)F)cc3)c2F)cc1. The molecule has 2 heterocycles. The van der Waals surface area contributed by atoms with Crippen LogP contribution in [-0.4, -0.2) is 27.6 Å². The molecule has 0 radical (unpaired) electrons. The summed E-state index contributed by atoms with van der Waals surface area (Å²) >= 11 is 0. The predicted molar refractivity (Wildman–Crippen MR) is 115 cm³/mol. The van der Waals surface area contributed by atoms with Crippen LogP contribution in [0.25, 0.3) is 0 Å². The lowest BCUT2D eigenvalue weighted by Gasteiger charge is -2.26. The van der Waals surface area contributed by atoms with Gasteiger partial charge in [0.05, 0.1) is 18.0 Å². The number of carboxylic acids is 1. The van der Waals surface area contributed by atoms with Crippen LogP contribution in [0, 0.1) is 5.82 Å². The van der Waals surface area contributed by atoms with Gasteiger partial charge in [-0.15, -0.1) is 0 Å². The van der Waals surface area contributed by atoms with E-state index in [9.17, 15) is 18.0 Å². The smallest absolute Gasteiger partial charge is 0.416 e. The lowest BCUT2D eigenvalue weighted by molar-refractivity contribution is -0.138. The second-order valence-corrected chi connectivity index (χ2v) is 7.96. The lowest BCUT2D eigenvalue weighted by Crippen LogP contribution is -2.25. The van der Waals surface area contributed by atoms with Gasteiger partial charge in [-0.25, -0.2) is 4.98 Å². The highest BCUT2D eigenvalue weighted by molar-refractivity contribution is 5.70. The van der Waals surface area contributed by atoms with Crippen LogP contribution in [0.5, 0.6) is 5.88 Å². The molecule has 34 heavy (non-hydrogen) atoms. The summed E-state index contributed by atoms with van der Waals surface area (Å²) in [6.45, 7) is 0.507. The molecule has 178 valence electrons. The number of aliphatic carboxylic acids is 1. The monoisotopic (exact) mass is 475 g/mol. The number of carboxylic acid groups (broad SMARTS) is 1. The first kappa shape index (κ1) is 23.5. The molecule has 2 aromatic carbocycles. The average Bonchev–Trinajstić information content (AvgIpc) is 3.28. The predicted octanol–water partition coefficient (Wildman–Crippen LogP) is 5.18. The van der Waals surface area contributed by atoms with Crippen molar-refractivity contribution in [2.24, 2.45) is 0 Å². The molecular weight excluding hydrogens is 454 g/mol. The Labute approximate surface area is 192 Å². The van der Waals surface area contributed by atoms with Crippen LogP contribution >= 0.6 is 0 Å². The standard InChI is InChI=1S/C24H21F4N3O3/c25-21-22(31-11-1-2-19(31)17-7-9-18(10-8-17)24(26,27)28)29-14-30-23(21)34-13-16-5-3-15(4-6-16)12-20(32)33/h3-10,14,19H,1-2,11-13H2,(H,32,33). The second-order valence-electron chi connectivity index (χ2n) is 7.96. The van der Waals surface area contributed by atoms with Crippen molar-refractivity contribution in [3.63, 3.8) is 0 Å². The molecule has 1 aliphatic heterocycles. The highest BCUT2D eigenvalue weighted by Gasteiger charge is 2.33. The second kappa shape index (κ2) is 9.66. The summed E-state index contributed by atoms with van der Waals surface area (Å²) in [5, 5.41) is 8.84. The first-order chi connectivity index (χ1) is 16.2. The number of benzene rings is 2. The molecule has 1 fully saturated rings. The number of anilines is 1. The topological polar surface area (TPSA) is 75.5 Å².